The summed E-state index contributed by atoms with van der Waals surface area (Å²) in [6.45, 7) is 13.2. The first-order chi connectivity index (χ1) is 16.3. The van der Waals surface area contributed by atoms with Crippen molar-refractivity contribution in [1.82, 2.24) is 0 Å². The van der Waals surface area contributed by atoms with Crippen LogP contribution >= 0.6 is 0 Å². The number of fused-ring (bicyclic) bond motifs is 2. The van der Waals surface area contributed by atoms with Crippen LogP contribution in [-0.2, 0) is 0 Å². The molecular weight excluding hydrogens is 408 g/mol. The predicted octanol–water partition coefficient (Wildman–Crippen LogP) is 7.18. The number of rotatable bonds is 2. The van der Waals surface area contributed by atoms with Gasteiger partial charge in [0, 0.05) is 30.7 Å². The Morgan fingerprint density at radius 2 is 1.38 bits per heavy atom. The number of hydrogen-bond acceptors (Lipinski definition) is 0. The molecule has 0 nitrogen and oxygen atoms in total. The van der Waals surface area contributed by atoms with Gasteiger partial charge in [0.1, 0.15) is 12.0 Å². The van der Waals surface area contributed by atoms with E-state index in [1.807, 2.05) is 0 Å². The number of aryl methyl sites for hydroxylation is 6. The van der Waals surface area contributed by atoms with Crippen molar-refractivity contribution in [2.24, 2.45) is 0 Å². The van der Waals surface area contributed by atoms with E-state index in [0.717, 1.165) is 0 Å². The van der Waals surface area contributed by atoms with Gasteiger partial charge in [-0.1, -0.05) is 29.8 Å². The van der Waals surface area contributed by atoms with Crippen LogP contribution in [0, 0.1) is 47.5 Å². The second-order valence-corrected chi connectivity index (χ2v) is 9.91. The van der Waals surface area contributed by atoms with Crippen molar-refractivity contribution in [3.05, 3.63) is 133 Å². The summed E-state index contributed by atoms with van der Waals surface area (Å²) >= 11 is 0. The smallest absolute Gasteiger partial charge is 0.0558 e. The lowest BCUT2D eigenvalue weighted by Gasteiger charge is -2.03. The Morgan fingerprint density at radius 1 is 0.706 bits per heavy atom. The van der Waals surface area contributed by atoms with Crippen LogP contribution in [0.5, 0.6) is 0 Å². The minimum Gasteiger partial charge on any atom is -0.0558 e. The summed E-state index contributed by atoms with van der Waals surface area (Å²) in [4.78, 5) is 0. The number of benzene rings is 1. The Kier molecular flexibility index (Phi) is 5.62. The van der Waals surface area contributed by atoms with E-state index in [0.29, 0.717) is 0 Å². The van der Waals surface area contributed by atoms with Gasteiger partial charge >= 0.3 is 0 Å². The topological polar surface area (TPSA) is 0 Å². The molecule has 2 aromatic rings. The van der Waals surface area contributed by atoms with Gasteiger partial charge < -0.3 is 0 Å². The highest BCUT2D eigenvalue weighted by atomic mass is 14.2. The van der Waals surface area contributed by atoms with Gasteiger partial charge in [-0.3, -0.25) is 0 Å². The summed E-state index contributed by atoms with van der Waals surface area (Å²) in [5, 5.41) is 2.46. The van der Waals surface area contributed by atoms with E-state index in [4.69, 9.17) is 0 Å². The van der Waals surface area contributed by atoms with Crippen molar-refractivity contribution in [2.45, 2.75) is 41.5 Å². The van der Waals surface area contributed by atoms with Crippen LogP contribution < -0.4 is 10.4 Å². The molecule has 0 radical (unpaired) electrons. The molecule has 0 unspecified atom stereocenters. The van der Waals surface area contributed by atoms with Crippen molar-refractivity contribution < 1.29 is 0 Å². The molecule has 0 aromatic heterocycles. The van der Waals surface area contributed by atoms with Crippen LogP contribution in [0.1, 0.15) is 50.1 Å². The Labute approximate surface area is 204 Å². The van der Waals surface area contributed by atoms with Crippen LogP contribution in [0.25, 0.3) is 29.4 Å². The fourth-order valence-corrected chi connectivity index (χ4v) is 5.57. The van der Waals surface area contributed by atoms with Crippen molar-refractivity contribution in [2.75, 3.05) is 0 Å². The highest BCUT2D eigenvalue weighted by Crippen LogP contribution is 2.35. The normalized spacial score (nSPS) is 12.2. The molecule has 3 aliphatic rings. The predicted molar refractivity (Wildman–Crippen MR) is 147 cm³/mol. The summed E-state index contributed by atoms with van der Waals surface area (Å²) in [5.41, 5.74) is 14.7. The van der Waals surface area contributed by atoms with Crippen molar-refractivity contribution in [1.29, 1.82) is 0 Å². The van der Waals surface area contributed by atoms with Crippen LogP contribution in [0.3, 0.4) is 0 Å². The first-order valence-corrected chi connectivity index (χ1v) is 12.1. The minimum absolute atomic E-state index is 1.23. The molecule has 0 saturated heterocycles. The molecule has 5 rings (SSSR count). The van der Waals surface area contributed by atoms with E-state index in [1.54, 1.807) is 0 Å². The molecule has 0 fully saturated rings. The monoisotopic (exact) mass is 440 g/mol. The van der Waals surface area contributed by atoms with E-state index in [1.165, 1.54) is 77.6 Å². The summed E-state index contributed by atoms with van der Waals surface area (Å²) in [6.07, 6.45) is 9.13. The first-order valence-electron chi connectivity index (χ1n) is 12.1. The standard InChI is InChI=1S/C34H32/c1-21-15-23(3)31-13-11-29(33(31)25(5)17-21)19-27-7-9-28(10-8-27)20-30-12-14-32-24(4)16-22(2)18-26(6)34(30)32/h7-20H,1-6H3/q+2. The van der Waals surface area contributed by atoms with E-state index in [2.05, 4.69) is 127 Å². The van der Waals surface area contributed by atoms with Gasteiger partial charge in [0.05, 0.1) is 22.9 Å². The molecule has 0 heteroatoms. The molecule has 0 aliphatic heterocycles. The molecule has 0 N–H and O–H groups in total. The van der Waals surface area contributed by atoms with E-state index < -0.39 is 0 Å². The maximum absolute atomic E-state index is 2.31. The highest BCUT2D eigenvalue weighted by Gasteiger charge is 2.33. The fraction of sp³-hybridized carbons (Fsp3) is 0.176. The third-order valence-electron chi connectivity index (χ3n) is 6.97. The van der Waals surface area contributed by atoms with Gasteiger partial charge in [-0.2, -0.15) is 0 Å². The summed E-state index contributed by atoms with van der Waals surface area (Å²) in [5.74, 6) is 1.29. The maximum Gasteiger partial charge on any atom is 0.202 e. The van der Waals surface area contributed by atoms with E-state index in [9.17, 15) is 0 Å². The Bertz CT molecular complexity index is 1530. The third kappa shape index (κ3) is 4.05. The zero-order valence-corrected chi connectivity index (χ0v) is 21.1. The average Bonchev–Trinajstić information content (AvgIpc) is 3.33. The van der Waals surface area contributed by atoms with Crippen LogP contribution in [-0.4, -0.2) is 0 Å². The van der Waals surface area contributed by atoms with Crippen LogP contribution in [0.4, 0.5) is 0 Å². The lowest BCUT2D eigenvalue weighted by molar-refractivity contribution is 1.34. The molecule has 0 amide bonds. The second-order valence-electron chi connectivity index (χ2n) is 9.91. The SMILES string of the molecule is Cc1cc(C)c2ccc(C=c3ccc(=C[C+]4C=Cc5c(C)cc(C)c[c+](C)c54)cc3)c-2c(C)c1. The number of hydrogen-bond donors (Lipinski definition) is 0. The molecule has 0 spiro atoms. The third-order valence-corrected chi connectivity index (χ3v) is 6.97. The molecule has 0 saturated carbocycles. The Balaban J connectivity index is 1.53. The molecule has 0 bridgehead atoms. The first kappa shape index (κ1) is 22.2. The van der Waals surface area contributed by atoms with Gasteiger partial charge in [0.25, 0.3) is 0 Å². The Hall–Kier alpha value is -3.64. The van der Waals surface area contributed by atoms with Gasteiger partial charge in [-0.05, 0) is 97.5 Å². The zero-order chi connectivity index (χ0) is 24.0. The highest BCUT2D eigenvalue weighted by molar-refractivity contribution is 5.83. The molecule has 2 aromatic carbocycles. The molecule has 0 heterocycles. The largest absolute Gasteiger partial charge is 0.202 e. The molecule has 3 aliphatic carbocycles. The van der Waals surface area contributed by atoms with Crippen molar-refractivity contribution in [3.8, 4) is 11.1 Å². The van der Waals surface area contributed by atoms with Gasteiger partial charge in [-0.15, -0.1) is 0 Å². The van der Waals surface area contributed by atoms with Gasteiger partial charge in [-0.25, -0.2) is 0 Å². The molecule has 34 heavy (non-hydrogen) atoms. The van der Waals surface area contributed by atoms with Crippen molar-refractivity contribution >= 4 is 18.2 Å². The van der Waals surface area contributed by atoms with Crippen LogP contribution in [0.15, 0.2) is 66.7 Å². The van der Waals surface area contributed by atoms with Crippen molar-refractivity contribution in [3.63, 3.8) is 0 Å². The zero-order valence-electron chi connectivity index (χ0n) is 21.1. The number of allylic oxidation sites excluding steroid dienone is 1. The molecule has 0 atom stereocenters. The molecular formula is C34H32+2. The summed E-state index contributed by atoms with van der Waals surface area (Å²) in [7, 11) is 0. The van der Waals surface area contributed by atoms with Gasteiger partial charge in [0.15, 0.2) is 5.56 Å². The lowest BCUT2D eigenvalue weighted by Crippen LogP contribution is -2.09. The molecule has 166 valence electrons. The van der Waals surface area contributed by atoms with Crippen LogP contribution in [0.2, 0.25) is 0 Å². The quantitative estimate of drug-likeness (QED) is 0.290. The average molecular weight is 441 g/mol. The van der Waals surface area contributed by atoms with E-state index >= 15 is 0 Å². The summed E-state index contributed by atoms with van der Waals surface area (Å²) in [6, 6.07) is 22.6. The minimum atomic E-state index is 1.23. The lowest BCUT2D eigenvalue weighted by atomic mass is 9.96. The van der Waals surface area contributed by atoms with Gasteiger partial charge in [0.2, 0.25) is 5.56 Å². The fourth-order valence-electron chi connectivity index (χ4n) is 5.57. The summed E-state index contributed by atoms with van der Waals surface area (Å²) < 4.78 is 0. The Morgan fingerprint density at radius 3 is 2.15 bits per heavy atom. The van der Waals surface area contributed by atoms with E-state index in [-0.39, 0.29) is 0 Å². The maximum atomic E-state index is 2.31. The second kappa shape index (κ2) is 8.61.